The van der Waals surface area contributed by atoms with Gasteiger partial charge in [-0.1, -0.05) is 51.7 Å². The highest BCUT2D eigenvalue weighted by Crippen LogP contribution is 2.34. The van der Waals surface area contributed by atoms with E-state index in [4.69, 9.17) is 11.2 Å². The maximum atomic E-state index is 12.4. The van der Waals surface area contributed by atoms with E-state index in [9.17, 15) is 9.59 Å². The number of terminal acetylenes is 1. The predicted octanol–water partition coefficient (Wildman–Crippen LogP) is 5.01. The van der Waals surface area contributed by atoms with Gasteiger partial charge in [-0.15, -0.1) is 6.42 Å². The molecule has 1 aliphatic heterocycles. The van der Waals surface area contributed by atoms with Crippen LogP contribution in [0.25, 0.3) is 6.08 Å². The standard InChI is InChI=1S/C21H16BrNO3S/c1-3-9-23-20(24)19(27-21(23)25)12-16-11-17(22)7-8-18(16)26-13-15-6-4-5-14(2)10-15/h1,4-8,10-12H,9,13H2,2H3. The minimum Gasteiger partial charge on any atom is -0.488 e. The molecular weight excluding hydrogens is 426 g/mol. The van der Waals surface area contributed by atoms with Crippen molar-refractivity contribution in [3.8, 4) is 18.1 Å². The lowest BCUT2D eigenvalue weighted by atomic mass is 10.1. The molecular formula is C21H16BrNO3S. The first kappa shape index (κ1) is 19.3. The molecule has 27 heavy (non-hydrogen) atoms. The Bertz CT molecular complexity index is 978. The molecule has 0 unspecified atom stereocenters. The molecule has 1 aliphatic rings. The summed E-state index contributed by atoms with van der Waals surface area (Å²) in [5.41, 5.74) is 2.93. The molecule has 0 atom stereocenters. The number of thioether (sulfide) groups is 1. The Hall–Kier alpha value is -2.49. The number of carbonyl (C=O) groups excluding carboxylic acids is 2. The van der Waals surface area contributed by atoms with Crippen LogP contribution >= 0.6 is 27.7 Å². The van der Waals surface area contributed by atoms with Gasteiger partial charge < -0.3 is 4.74 Å². The van der Waals surface area contributed by atoms with Crippen molar-refractivity contribution in [1.82, 2.24) is 4.90 Å². The largest absolute Gasteiger partial charge is 0.488 e. The Balaban J connectivity index is 1.85. The summed E-state index contributed by atoms with van der Waals surface area (Å²) in [6.45, 7) is 2.40. The SMILES string of the molecule is C#CCN1C(=O)SC(=Cc2cc(Br)ccc2OCc2cccc(C)c2)C1=O. The fraction of sp³-hybridized carbons (Fsp3) is 0.143. The van der Waals surface area contributed by atoms with Gasteiger partial charge >= 0.3 is 0 Å². The number of nitrogens with zero attached hydrogens (tertiary/aromatic N) is 1. The first-order chi connectivity index (χ1) is 13.0. The number of rotatable bonds is 5. The van der Waals surface area contributed by atoms with E-state index >= 15 is 0 Å². The maximum absolute atomic E-state index is 12.4. The van der Waals surface area contributed by atoms with E-state index in [-0.39, 0.29) is 17.7 Å². The number of halogens is 1. The lowest BCUT2D eigenvalue weighted by Gasteiger charge is -2.11. The lowest BCUT2D eigenvalue weighted by molar-refractivity contribution is -0.122. The van der Waals surface area contributed by atoms with E-state index in [1.165, 1.54) is 0 Å². The van der Waals surface area contributed by atoms with E-state index in [1.807, 2.05) is 43.3 Å². The van der Waals surface area contributed by atoms with Crippen LogP contribution in [0.3, 0.4) is 0 Å². The van der Waals surface area contributed by atoms with Crippen LogP contribution in [-0.2, 0) is 11.4 Å². The summed E-state index contributed by atoms with van der Waals surface area (Å²) in [6.07, 6.45) is 6.89. The summed E-state index contributed by atoms with van der Waals surface area (Å²) in [4.78, 5) is 25.7. The Morgan fingerprint density at radius 2 is 2.07 bits per heavy atom. The van der Waals surface area contributed by atoms with Crippen molar-refractivity contribution in [2.75, 3.05) is 6.54 Å². The van der Waals surface area contributed by atoms with Gasteiger partial charge in [0.1, 0.15) is 12.4 Å². The van der Waals surface area contributed by atoms with Crippen molar-refractivity contribution in [1.29, 1.82) is 0 Å². The molecule has 2 amide bonds. The van der Waals surface area contributed by atoms with Gasteiger partial charge in [0, 0.05) is 10.0 Å². The number of carbonyl (C=O) groups is 2. The number of amides is 2. The zero-order valence-electron chi connectivity index (χ0n) is 14.6. The third kappa shape index (κ3) is 4.62. The van der Waals surface area contributed by atoms with Gasteiger partial charge in [0.15, 0.2) is 0 Å². The van der Waals surface area contributed by atoms with Crippen LogP contribution in [0.1, 0.15) is 16.7 Å². The average Bonchev–Trinajstić information content (AvgIpc) is 2.89. The third-order valence-electron chi connectivity index (χ3n) is 3.86. The third-order valence-corrected chi connectivity index (χ3v) is 5.26. The second-order valence-electron chi connectivity index (χ2n) is 5.93. The Kier molecular flexibility index (Phi) is 6.04. The van der Waals surface area contributed by atoms with Crippen LogP contribution < -0.4 is 4.74 Å². The van der Waals surface area contributed by atoms with Crippen molar-refractivity contribution in [2.24, 2.45) is 0 Å². The van der Waals surface area contributed by atoms with Gasteiger partial charge in [-0.2, -0.15) is 0 Å². The molecule has 4 nitrogen and oxygen atoms in total. The van der Waals surface area contributed by atoms with Crippen LogP contribution in [0.15, 0.2) is 51.8 Å². The number of aryl methyl sites for hydroxylation is 1. The number of hydrogen-bond donors (Lipinski definition) is 0. The van der Waals surface area contributed by atoms with E-state index in [0.29, 0.717) is 22.8 Å². The highest BCUT2D eigenvalue weighted by Gasteiger charge is 2.34. The minimum atomic E-state index is -0.382. The minimum absolute atomic E-state index is 0.0305. The van der Waals surface area contributed by atoms with Gasteiger partial charge in [-0.05, 0) is 48.5 Å². The monoisotopic (exact) mass is 441 g/mol. The van der Waals surface area contributed by atoms with Crippen molar-refractivity contribution >= 4 is 44.9 Å². The Labute approximate surface area is 170 Å². The molecule has 3 rings (SSSR count). The summed E-state index contributed by atoms with van der Waals surface area (Å²) in [5, 5.41) is -0.360. The topological polar surface area (TPSA) is 46.6 Å². The molecule has 1 fully saturated rings. The van der Waals surface area contributed by atoms with Gasteiger partial charge in [-0.3, -0.25) is 14.5 Å². The van der Waals surface area contributed by atoms with E-state index in [2.05, 4.69) is 27.9 Å². The summed E-state index contributed by atoms with van der Waals surface area (Å²) in [6, 6.07) is 13.6. The fourth-order valence-electron chi connectivity index (χ4n) is 2.60. The summed E-state index contributed by atoms with van der Waals surface area (Å²) in [7, 11) is 0. The molecule has 136 valence electrons. The molecule has 1 saturated heterocycles. The van der Waals surface area contributed by atoms with E-state index in [1.54, 1.807) is 6.08 Å². The van der Waals surface area contributed by atoms with Crippen LogP contribution in [0.4, 0.5) is 4.79 Å². The Morgan fingerprint density at radius 1 is 1.26 bits per heavy atom. The lowest BCUT2D eigenvalue weighted by Crippen LogP contribution is -2.28. The van der Waals surface area contributed by atoms with Crippen molar-refractivity contribution in [2.45, 2.75) is 13.5 Å². The molecule has 2 aromatic carbocycles. The highest BCUT2D eigenvalue weighted by molar-refractivity contribution is 9.10. The molecule has 0 radical (unpaired) electrons. The Morgan fingerprint density at radius 3 is 2.81 bits per heavy atom. The van der Waals surface area contributed by atoms with Crippen LogP contribution in [0.5, 0.6) is 5.75 Å². The summed E-state index contributed by atoms with van der Waals surface area (Å²) < 4.78 is 6.81. The summed E-state index contributed by atoms with van der Waals surface area (Å²) in [5.74, 6) is 2.58. The zero-order chi connectivity index (χ0) is 19.4. The molecule has 0 aromatic heterocycles. The van der Waals surface area contributed by atoms with Gasteiger partial charge in [0.05, 0.1) is 11.4 Å². The van der Waals surface area contributed by atoms with E-state index < -0.39 is 0 Å². The van der Waals surface area contributed by atoms with Crippen molar-refractivity contribution < 1.29 is 14.3 Å². The van der Waals surface area contributed by atoms with Gasteiger partial charge in [0.25, 0.3) is 11.1 Å². The van der Waals surface area contributed by atoms with Crippen LogP contribution in [0, 0.1) is 19.3 Å². The second-order valence-corrected chi connectivity index (χ2v) is 7.84. The van der Waals surface area contributed by atoms with Gasteiger partial charge in [-0.25, -0.2) is 0 Å². The van der Waals surface area contributed by atoms with Crippen molar-refractivity contribution in [3.05, 3.63) is 68.5 Å². The molecule has 0 bridgehead atoms. The van der Waals surface area contributed by atoms with E-state index in [0.717, 1.165) is 32.3 Å². The second kappa shape index (κ2) is 8.47. The number of ether oxygens (including phenoxy) is 1. The molecule has 1 heterocycles. The predicted molar refractivity (Wildman–Crippen MR) is 111 cm³/mol. The molecule has 0 N–H and O–H groups in total. The molecule has 6 heteroatoms. The summed E-state index contributed by atoms with van der Waals surface area (Å²) >= 11 is 4.31. The number of benzene rings is 2. The van der Waals surface area contributed by atoms with Crippen molar-refractivity contribution in [3.63, 3.8) is 0 Å². The molecule has 0 aliphatic carbocycles. The first-order valence-corrected chi connectivity index (χ1v) is 9.75. The molecule has 2 aromatic rings. The normalized spacial score (nSPS) is 15.3. The van der Waals surface area contributed by atoms with Crippen LogP contribution in [-0.4, -0.2) is 22.6 Å². The number of hydrogen-bond acceptors (Lipinski definition) is 4. The zero-order valence-corrected chi connectivity index (χ0v) is 17.0. The first-order valence-electron chi connectivity index (χ1n) is 8.14. The number of imide groups is 1. The highest BCUT2D eigenvalue weighted by atomic mass is 79.9. The quantitative estimate of drug-likeness (QED) is 0.483. The van der Waals surface area contributed by atoms with Gasteiger partial charge in [0.2, 0.25) is 0 Å². The maximum Gasteiger partial charge on any atom is 0.294 e. The fourth-order valence-corrected chi connectivity index (χ4v) is 3.80. The average molecular weight is 442 g/mol. The smallest absolute Gasteiger partial charge is 0.294 e. The molecule has 0 spiro atoms. The molecule has 0 saturated carbocycles. The van der Waals surface area contributed by atoms with Crippen LogP contribution in [0.2, 0.25) is 0 Å².